The Kier molecular flexibility index (Phi) is 1.90. The van der Waals surface area contributed by atoms with Crippen molar-refractivity contribution in [1.29, 1.82) is 0 Å². The third-order valence-electron chi connectivity index (χ3n) is 2.94. The zero-order chi connectivity index (χ0) is 7.84. The molecule has 64 valence electrons. The van der Waals surface area contributed by atoms with Gasteiger partial charge in [-0.25, -0.2) is 0 Å². The van der Waals surface area contributed by atoms with Crippen molar-refractivity contribution in [1.82, 2.24) is 0 Å². The average Bonchev–Trinajstić information content (AvgIpc) is 2.41. The van der Waals surface area contributed by atoms with Crippen LogP contribution in [0.15, 0.2) is 0 Å². The molecule has 0 saturated carbocycles. The van der Waals surface area contributed by atoms with Crippen molar-refractivity contribution in [3.63, 3.8) is 0 Å². The van der Waals surface area contributed by atoms with Crippen LogP contribution in [-0.4, -0.2) is 19.5 Å². The Labute approximate surface area is 67.9 Å². The lowest BCUT2D eigenvalue weighted by Crippen LogP contribution is -2.19. The molecule has 0 bridgehead atoms. The number of rotatable bonds is 1. The van der Waals surface area contributed by atoms with E-state index in [2.05, 4.69) is 13.8 Å². The molecule has 2 aliphatic rings. The minimum absolute atomic E-state index is 0.141. The van der Waals surface area contributed by atoms with Crippen molar-refractivity contribution in [3.8, 4) is 0 Å². The molecule has 2 heteroatoms. The van der Waals surface area contributed by atoms with Gasteiger partial charge in [-0.05, 0) is 18.3 Å². The fourth-order valence-corrected chi connectivity index (χ4v) is 2.18. The van der Waals surface area contributed by atoms with Gasteiger partial charge in [0.1, 0.15) is 0 Å². The van der Waals surface area contributed by atoms with E-state index < -0.39 is 0 Å². The van der Waals surface area contributed by atoms with Gasteiger partial charge in [-0.3, -0.25) is 0 Å². The van der Waals surface area contributed by atoms with E-state index in [0.29, 0.717) is 5.92 Å². The summed E-state index contributed by atoms with van der Waals surface area (Å²) in [6, 6.07) is 0. The van der Waals surface area contributed by atoms with Crippen LogP contribution in [0.4, 0.5) is 0 Å². The molecule has 11 heavy (non-hydrogen) atoms. The molecular formula is C9H16O2. The maximum atomic E-state index is 5.53. The predicted molar refractivity (Wildman–Crippen MR) is 42.1 cm³/mol. The second-order valence-corrected chi connectivity index (χ2v) is 3.93. The fourth-order valence-electron chi connectivity index (χ4n) is 2.18. The molecule has 0 radical (unpaired) electrons. The van der Waals surface area contributed by atoms with Gasteiger partial charge in [0.15, 0.2) is 6.29 Å². The van der Waals surface area contributed by atoms with Crippen molar-refractivity contribution >= 4 is 0 Å². The first-order valence-electron chi connectivity index (χ1n) is 4.52. The Bertz CT molecular complexity index is 144. The van der Waals surface area contributed by atoms with E-state index in [0.717, 1.165) is 25.0 Å². The molecule has 2 aliphatic heterocycles. The lowest BCUT2D eigenvalue weighted by Gasteiger charge is -2.17. The Balaban J connectivity index is 2.03. The summed E-state index contributed by atoms with van der Waals surface area (Å²) in [5.41, 5.74) is 0. The third kappa shape index (κ3) is 1.18. The average molecular weight is 156 g/mol. The molecule has 0 aliphatic carbocycles. The molecule has 2 fully saturated rings. The minimum Gasteiger partial charge on any atom is -0.352 e. The second-order valence-electron chi connectivity index (χ2n) is 3.93. The lowest BCUT2D eigenvalue weighted by atomic mass is 9.85. The van der Waals surface area contributed by atoms with Crippen molar-refractivity contribution in [2.75, 3.05) is 13.2 Å². The fraction of sp³-hybridized carbons (Fsp3) is 1.00. The van der Waals surface area contributed by atoms with Crippen LogP contribution in [0.1, 0.15) is 20.3 Å². The van der Waals surface area contributed by atoms with Gasteiger partial charge in [-0.2, -0.15) is 0 Å². The largest absolute Gasteiger partial charge is 0.352 e. The van der Waals surface area contributed by atoms with Crippen molar-refractivity contribution in [2.45, 2.75) is 26.6 Å². The molecule has 0 unspecified atom stereocenters. The lowest BCUT2D eigenvalue weighted by molar-refractivity contribution is -0.0906. The summed E-state index contributed by atoms with van der Waals surface area (Å²) in [5.74, 6) is 2.17. The van der Waals surface area contributed by atoms with Crippen LogP contribution in [0.25, 0.3) is 0 Å². The maximum Gasteiger partial charge on any atom is 0.160 e. The summed E-state index contributed by atoms with van der Waals surface area (Å²) in [6.07, 6.45) is 1.34. The van der Waals surface area contributed by atoms with Crippen LogP contribution in [0, 0.1) is 17.8 Å². The Morgan fingerprint density at radius 3 is 2.82 bits per heavy atom. The van der Waals surface area contributed by atoms with Gasteiger partial charge in [-0.1, -0.05) is 13.8 Å². The molecule has 2 heterocycles. The van der Waals surface area contributed by atoms with Crippen molar-refractivity contribution < 1.29 is 9.47 Å². The summed E-state index contributed by atoms with van der Waals surface area (Å²) in [6.45, 7) is 6.36. The highest BCUT2D eigenvalue weighted by atomic mass is 16.7. The summed E-state index contributed by atoms with van der Waals surface area (Å²) in [4.78, 5) is 0. The monoisotopic (exact) mass is 156 g/mol. The second kappa shape index (κ2) is 2.76. The van der Waals surface area contributed by atoms with Gasteiger partial charge in [0.2, 0.25) is 0 Å². The van der Waals surface area contributed by atoms with Crippen molar-refractivity contribution in [2.24, 2.45) is 17.8 Å². The quantitative estimate of drug-likeness (QED) is 0.574. The van der Waals surface area contributed by atoms with E-state index in [1.807, 2.05) is 0 Å². The summed E-state index contributed by atoms with van der Waals surface area (Å²) in [5, 5.41) is 0. The van der Waals surface area contributed by atoms with E-state index >= 15 is 0 Å². The number of hydrogen-bond donors (Lipinski definition) is 0. The standard InChI is InChI=1S/C9H16O2/c1-6(2)8-5-11-9-7(8)3-4-10-9/h6-9H,3-5H2,1-2H3/t7-,8-,9+/m0/s1. The molecular weight excluding hydrogens is 140 g/mol. The SMILES string of the molecule is CC(C)[C@@H]1CO[C@H]2OCC[C@H]21. The molecule has 0 amide bonds. The van der Waals surface area contributed by atoms with Gasteiger partial charge in [0.05, 0.1) is 13.2 Å². The highest BCUT2D eigenvalue weighted by Crippen LogP contribution is 2.38. The Morgan fingerprint density at radius 1 is 1.27 bits per heavy atom. The van der Waals surface area contributed by atoms with Gasteiger partial charge in [-0.15, -0.1) is 0 Å². The topological polar surface area (TPSA) is 18.5 Å². The van der Waals surface area contributed by atoms with Crippen LogP contribution in [-0.2, 0) is 9.47 Å². The summed E-state index contributed by atoms with van der Waals surface area (Å²) >= 11 is 0. The third-order valence-corrected chi connectivity index (χ3v) is 2.94. The summed E-state index contributed by atoms with van der Waals surface area (Å²) in [7, 11) is 0. The van der Waals surface area contributed by atoms with E-state index in [1.54, 1.807) is 0 Å². The predicted octanol–water partition coefficient (Wildman–Crippen LogP) is 1.65. The highest BCUT2D eigenvalue weighted by molar-refractivity contribution is 4.84. The number of hydrogen-bond acceptors (Lipinski definition) is 2. The molecule has 0 spiro atoms. The van der Waals surface area contributed by atoms with E-state index in [9.17, 15) is 0 Å². The molecule has 0 aromatic carbocycles. The van der Waals surface area contributed by atoms with Gasteiger partial charge in [0, 0.05) is 5.92 Å². The van der Waals surface area contributed by atoms with E-state index in [1.165, 1.54) is 6.42 Å². The van der Waals surface area contributed by atoms with Crippen molar-refractivity contribution in [3.05, 3.63) is 0 Å². The molecule has 2 rings (SSSR count). The zero-order valence-corrected chi connectivity index (χ0v) is 7.25. The highest BCUT2D eigenvalue weighted by Gasteiger charge is 2.42. The van der Waals surface area contributed by atoms with Crippen LogP contribution < -0.4 is 0 Å². The van der Waals surface area contributed by atoms with Gasteiger partial charge >= 0.3 is 0 Å². The van der Waals surface area contributed by atoms with Gasteiger partial charge in [0.25, 0.3) is 0 Å². The molecule has 2 saturated heterocycles. The van der Waals surface area contributed by atoms with Crippen LogP contribution in [0.2, 0.25) is 0 Å². The van der Waals surface area contributed by atoms with Crippen LogP contribution >= 0.6 is 0 Å². The molecule has 0 aromatic heterocycles. The maximum absolute atomic E-state index is 5.53. The first kappa shape index (κ1) is 7.56. The Morgan fingerprint density at radius 2 is 2.09 bits per heavy atom. The number of fused-ring (bicyclic) bond motifs is 1. The molecule has 0 N–H and O–H groups in total. The van der Waals surface area contributed by atoms with Gasteiger partial charge < -0.3 is 9.47 Å². The van der Waals surface area contributed by atoms with E-state index in [-0.39, 0.29) is 6.29 Å². The first-order valence-corrected chi connectivity index (χ1v) is 4.52. The Hall–Kier alpha value is -0.0800. The van der Waals surface area contributed by atoms with Crippen LogP contribution in [0.3, 0.4) is 0 Å². The van der Waals surface area contributed by atoms with E-state index in [4.69, 9.17) is 9.47 Å². The first-order chi connectivity index (χ1) is 5.29. The smallest absolute Gasteiger partial charge is 0.160 e. The molecule has 2 nitrogen and oxygen atoms in total. The number of ether oxygens (including phenoxy) is 2. The summed E-state index contributed by atoms with van der Waals surface area (Å²) < 4.78 is 11.0. The molecule has 0 aromatic rings. The minimum atomic E-state index is 0.141. The molecule has 3 atom stereocenters. The zero-order valence-electron chi connectivity index (χ0n) is 7.25. The normalized spacial score (nSPS) is 43.4. The van der Waals surface area contributed by atoms with Crippen LogP contribution in [0.5, 0.6) is 0 Å².